The van der Waals surface area contributed by atoms with Gasteiger partial charge < -0.3 is 10.2 Å². The SMILES string of the molecule is CC(C)N1C(=S)SC(C)(C)[C@H]1N(O)C(=O)Nc1ccc(Cl)cc1Cl. The second-order valence-electron chi connectivity index (χ2n) is 6.24. The molecule has 1 atom stereocenters. The predicted molar refractivity (Wildman–Crippen MR) is 104 cm³/mol. The number of nitrogens with one attached hydrogen (secondary N) is 1. The third-order valence-electron chi connectivity index (χ3n) is 3.62. The van der Waals surface area contributed by atoms with E-state index in [9.17, 15) is 10.0 Å². The van der Waals surface area contributed by atoms with Crippen LogP contribution in [-0.4, -0.2) is 42.5 Å². The van der Waals surface area contributed by atoms with Gasteiger partial charge in [0, 0.05) is 11.1 Å². The van der Waals surface area contributed by atoms with Crippen molar-refractivity contribution in [3.8, 4) is 0 Å². The highest BCUT2D eigenvalue weighted by Gasteiger charge is 2.50. The summed E-state index contributed by atoms with van der Waals surface area (Å²) in [6.07, 6.45) is -0.596. The number of hydrogen-bond donors (Lipinski definition) is 2. The maximum atomic E-state index is 12.5. The van der Waals surface area contributed by atoms with Gasteiger partial charge in [-0.3, -0.25) is 5.21 Å². The number of hydrogen-bond acceptors (Lipinski definition) is 4. The van der Waals surface area contributed by atoms with Crippen molar-refractivity contribution in [3.05, 3.63) is 28.2 Å². The zero-order chi connectivity index (χ0) is 18.2. The fraction of sp³-hybridized carbons (Fsp3) is 0.467. The van der Waals surface area contributed by atoms with Crippen molar-refractivity contribution in [1.29, 1.82) is 0 Å². The van der Waals surface area contributed by atoms with Crippen LogP contribution in [0.25, 0.3) is 0 Å². The number of anilines is 1. The lowest BCUT2D eigenvalue weighted by Gasteiger charge is -2.38. The Balaban J connectivity index is 2.23. The lowest BCUT2D eigenvalue weighted by Crippen LogP contribution is -2.57. The molecular formula is C15H19Cl2N3O2S2. The number of hydroxylamine groups is 2. The number of rotatable bonds is 3. The molecule has 9 heteroatoms. The second kappa shape index (κ2) is 7.25. The van der Waals surface area contributed by atoms with Gasteiger partial charge in [0.25, 0.3) is 0 Å². The highest BCUT2D eigenvalue weighted by Crippen LogP contribution is 2.43. The fourth-order valence-corrected chi connectivity index (χ4v) is 5.14. The summed E-state index contributed by atoms with van der Waals surface area (Å²) in [4.78, 5) is 14.3. The van der Waals surface area contributed by atoms with Crippen molar-refractivity contribution >= 4 is 63.2 Å². The van der Waals surface area contributed by atoms with E-state index in [0.717, 1.165) is 0 Å². The maximum absolute atomic E-state index is 12.5. The van der Waals surface area contributed by atoms with E-state index in [1.807, 2.05) is 32.6 Å². The number of nitrogens with zero attached hydrogens (tertiary/aromatic N) is 2. The van der Waals surface area contributed by atoms with Gasteiger partial charge >= 0.3 is 6.03 Å². The largest absolute Gasteiger partial charge is 0.347 e. The normalized spacial score (nSPS) is 19.8. The number of urea groups is 1. The Kier molecular flexibility index (Phi) is 5.92. The third kappa shape index (κ3) is 3.91. The van der Waals surface area contributed by atoms with Crippen LogP contribution in [0.3, 0.4) is 0 Å². The third-order valence-corrected chi connectivity index (χ3v) is 5.75. The molecule has 1 aliphatic rings. The summed E-state index contributed by atoms with van der Waals surface area (Å²) in [6, 6.07) is 4.06. The molecule has 1 aromatic carbocycles. The van der Waals surface area contributed by atoms with Gasteiger partial charge in [0.05, 0.1) is 15.5 Å². The average Bonchev–Trinajstić information content (AvgIpc) is 2.69. The Morgan fingerprint density at radius 1 is 1.46 bits per heavy atom. The lowest BCUT2D eigenvalue weighted by atomic mass is 10.1. The Hall–Kier alpha value is -0.730. The highest BCUT2D eigenvalue weighted by molar-refractivity contribution is 8.24. The van der Waals surface area contributed by atoms with Crippen LogP contribution in [0.2, 0.25) is 10.0 Å². The van der Waals surface area contributed by atoms with Gasteiger partial charge in [-0.25, -0.2) is 4.79 Å². The van der Waals surface area contributed by atoms with Gasteiger partial charge in [0.2, 0.25) is 0 Å². The summed E-state index contributed by atoms with van der Waals surface area (Å²) in [6.45, 7) is 7.79. The monoisotopic (exact) mass is 407 g/mol. The zero-order valence-corrected chi connectivity index (χ0v) is 16.9. The minimum Gasteiger partial charge on any atom is -0.331 e. The summed E-state index contributed by atoms with van der Waals surface area (Å²) in [5.74, 6) is 0. The van der Waals surface area contributed by atoms with Crippen LogP contribution in [0.15, 0.2) is 18.2 Å². The molecule has 1 saturated heterocycles. The molecule has 2 amide bonds. The molecule has 1 fully saturated rings. The molecule has 1 aromatic rings. The van der Waals surface area contributed by atoms with Gasteiger partial charge in [-0.1, -0.05) is 47.2 Å². The predicted octanol–water partition coefficient (Wildman–Crippen LogP) is 5.06. The van der Waals surface area contributed by atoms with E-state index in [1.54, 1.807) is 12.1 Å². The quantitative estimate of drug-likeness (QED) is 0.416. The number of thioether (sulfide) groups is 1. The summed E-state index contributed by atoms with van der Waals surface area (Å²) in [5.41, 5.74) is 0.368. The smallest absolute Gasteiger partial charge is 0.331 e. The molecule has 0 aliphatic carbocycles. The summed E-state index contributed by atoms with van der Waals surface area (Å²) in [7, 11) is 0. The molecular weight excluding hydrogens is 389 g/mol. The van der Waals surface area contributed by atoms with Crippen molar-refractivity contribution in [1.82, 2.24) is 9.96 Å². The Bertz CT molecular complexity index is 670. The van der Waals surface area contributed by atoms with Gasteiger partial charge in [0.15, 0.2) is 0 Å². The van der Waals surface area contributed by atoms with Crippen LogP contribution in [0.5, 0.6) is 0 Å². The molecule has 0 spiro atoms. The number of benzene rings is 1. The maximum Gasteiger partial charge on any atom is 0.347 e. The molecule has 24 heavy (non-hydrogen) atoms. The van der Waals surface area contributed by atoms with E-state index < -0.39 is 16.9 Å². The first-order valence-corrected chi connectivity index (χ1v) is 9.28. The minimum atomic E-state index is -0.687. The van der Waals surface area contributed by atoms with Crippen LogP contribution in [-0.2, 0) is 0 Å². The molecule has 0 bridgehead atoms. The van der Waals surface area contributed by atoms with Gasteiger partial charge in [-0.2, -0.15) is 5.06 Å². The van der Waals surface area contributed by atoms with Crippen molar-refractivity contribution in [2.45, 2.75) is 44.6 Å². The number of carbonyl (C=O) groups is 1. The Labute approximate surface area is 161 Å². The Morgan fingerprint density at radius 3 is 2.62 bits per heavy atom. The van der Waals surface area contributed by atoms with Crippen molar-refractivity contribution in [2.75, 3.05) is 5.32 Å². The molecule has 0 saturated carbocycles. The van der Waals surface area contributed by atoms with Gasteiger partial charge in [-0.05, 0) is 45.9 Å². The number of halogens is 2. The summed E-state index contributed by atoms with van der Waals surface area (Å²) >= 11 is 18.8. The van der Waals surface area contributed by atoms with Crippen LogP contribution in [0.1, 0.15) is 27.7 Å². The van der Waals surface area contributed by atoms with E-state index in [1.165, 1.54) is 17.8 Å². The van der Waals surface area contributed by atoms with E-state index in [4.69, 9.17) is 35.4 Å². The van der Waals surface area contributed by atoms with Crippen molar-refractivity contribution in [2.24, 2.45) is 0 Å². The molecule has 132 valence electrons. The summed E-state index contributed by atoms with van der Waals surface area (Å²) < 4.78 is 0.188. The molecule has 5 nitrogen and oxygen atoms in total. The van der Waals surface area contributed by atoms with Crippen LogP contribution in [0.4, 0.5) is 10.5 Å². The van der Waals surface area contributed by atoms with E-state index in [0.29, 0.717) is 25.1 Å². The number of thiocarbonyl (C=S) groups is 1. The zero-order valence-electron chi connectivity index (χ0n) is 13.7. The first-order chi connectivity index (χ1) is 11.0. The second-order valence-corrected chi connectivity index (χ2v) is 9.38. The molecule has 0 unspecified atom stereocenters. The molecule has 1 aliphatic heterocycles. The van der Waals surface area contributed by atoms with Crippen LogP contribution < -0.4 is 5.32 Å². The minimum absolute atomic E-state index is 0.0401. The Morgan fingerprint density at radius 2 is 2.08 bits per heavy atom. The number of amides is 2. The van der Waals surface area contributed by atoms with Crippen LogP contribution >= 0.6 is 47.2 Å². The molecule has 0 aromatic heterocycles. The van der Waals surface area contributed by atoms with E-state index in [2.05, 4.69) is 5.32 Å². The van der Waals surface area contributed by atoms with Gasteiger partial charge in [-0.15, -0.1) is 0 Å². The summed E-state index contributed by atoms with van der Waals surface area (Å²) in [5, 5.41) is 14.6. The molecule has 1 heterocycles. The first-order valence-electron chi connectivity index (χ1n) is 7.30. The topological polar surface area (TPSA) is 55.8 Å². The van der Waals surface area contributed by atoms with Crippen molar-refractivity contribution < 1.29 is 10.0 Å². The van der Waals surface area contributed by atoms with E-state index in [-0.39, 0.29) is 6.04 Å². The first kappa shape index (κ1) is 19.6. The molecule has 2 N–H and O–H groups in total. The number of carbonyl (C=O) groups excluding carboxylic acids is 1. The van der Waals surface area contributed by atoms with Crippen molar-refractivity contribution in [3.63, 3.8) is 0 Å². The standard InChI is InChI=1S/C15H19Cl2N3O2S2/c1-8(2)19-12(15(3,4)24-14(19)23)20(22)13(21)18-11-6-5-9(16)7-10(11)17/h5-8,12,22H,1-4H3,(H,18,21)/t12-/m1/s1. The highest BCUT2D eigenvalue weighted by atomic mass is 35.5. The molecule has 0 radical (unpaired) electrons. The van der Waals surface area contributed by atoms with E-state index >= 15 is 0 Å². The molecule has 2 rings (SSSR count). The average molecular weight is 408 g/mol. The fourth-order valence-electron chi connectivity index (χ4n) is 2.55. The van der Waals surface area contributed by atoms with Gasteiger partial charge in [0.1, 0.15) is 10.5 Å². The lowest BCUT2D eigenvalue weighted by molar-refractivity contribution is -0.119. The van der Waals surface area contributed by atoms with Crippen LogP contribution in [0, 0.1) is 0 Å².